The van der Waals surface area contributed by atoms with Crippen molar-refractivity contribution in [3.8, 4) is 22.6 Å². The average Bonchev–Trinajstić information content (AvgIpc) is 3.24. The summed E-state index contributed by atoms with van der Waals surface area (Å²) in [5, 5.41) is 3.87. The number of aryl methyl sites for hydroxylation is 1. The largest absolute Gasteiger partial charge is 0.494 e. The van der Waals surface area contributed by atoms with E-state index in [9.17, 15) is 4.79 Å². The van der Waals surface area contributed by atoms with E-state index in [-0.39, 0.29) is 5.91 Å². The minimum Gasteiger partial charge on any atom is -0.494 e. The minimum atomic E-state index is -0.192. The third kappa shape index (κ3) is 5.15. The van der Waals surface area contributed by atoms with Crippen LogP contribution in [0, 0.1) is 6.92 Å². The van der Waals surface area contributed by atoms with Crippen molar-refractivity contribution in [1.29, 1.82) is 0 Å². The van der Waals surface area contributed by atoms with Crippen molar-refractivity contribution in [2.24, 2.45) is 0 Å². The first-order chi connectivity index (χ1) is 16.5. The monoisotopic (exact) mass is 455 g/mol. The predicted molar refractivity (Wildman–Crippen MR) is 137 cm³/mol. The Labute approximate surface area is 200 Å². The first kappa shape index (κ1) is 23.2. The minimum absolute atomic E-state index is 0.192. The lowest BCUT2D eigenvalue weighted by Crippen LogP contribution is -2.08. The quantitative estimate of drug-likeness (QED) is 0.284. The first-order valence-electron chi connectivity index (χ1n) is 11.5. The lowest BCUT2D eigenvalue weighted by atomic mass is 9.99. The van der Waals surface area contributed by atoms with Crippen molar-refractivity contribution in [2.75, 3.05) is 18.5 Å². The number of anilines is 1. The van der Waals surface area contributed by atoms with Gasteiger partial charge in [0.2, 0.25) is 5.91 Å². The number of amides is 1. The van der Waals surface area contributed by atoms with E-state index in [1.807, 2.05) is 88.4 Å². The molecule has 0 unspecified atom stereocenters. The average molecular weight is 456 g/mol. The summed E-state index contributed by atoms with van der Waals surface area (Å²) >= 11 is 0. The van der Waals surface area contributed by atoms with Crippen molar-refractivity contribution in [3.63, 3.8) is 0 Å². The predicted octanol–water partition coefficient (Wildman–Crippen LogP) is 7.25. The highest BCUT2D eigenvalue weighted by Crippen LogP contribution is 2.38. The van der Waals surface area contributed by atoms with Crippen molar-refractivity contribution < 1.29 is 18.7 Å². The summed E-state index contributed by atoms with van der Waals surface area (Å²) in [6.07, 6.45) is 3.35. The van der Waals surface area contributed by atoms with Gasteiger partial charge in [0.1, 0.15) is 17.1 Å². The molecule has 4 rings (SSSR count). The van der Waals surface area contributed by atoms with Crippen LogP contribution in [0.1, 0.15) is 31.9 Å². The molecule has 4 aromatic rings. The van der Waals surface area contributed by atoms with Gasteiger partial charge in [0.15, 0.2) is 0 Å². The number of furan rings is 1. The summed E-state index contributed by atoms with van der Waals surface area (Å²) in [5.74, 6) is 1.32. The van der Waals surface area contributed by atoms with Crippen LogP contribution in [0.2, 0.25) is 0 Å². The molecule has 0 atom stereocenters. The highest BCUT2D eigenvalue weighted by molar-refractivity contribution is 6.05. The Morgan fingerprint density at radius 2 is 1.68 bits per heavy atom. The molecule has 34 heavy (non-hydrogen) atoms. The van der Waals surface area contributed by atoms with E-state index in [0.29, 0.717) is 19.0 Å². The van der Waals surface area contributed by atoms with Gasteiger partial charge in [-0.1, -0.05) is 29.8 Å². The third-order valence-electron chi connectivity index (χ3n) is 5.54. The summed E-state index contributed by atoms with van der Waals surface area (Å²) in [5.41, 5.74) is 6.27. The number of carbonyl (C=O) groups excluding carboxylic acids is 1. The topological polar surface area (TPSA) is 60.7 Å². The molecule has 5 heteroatoms. The van der Waals surface area contributed by atoms with Crippen molar-refractivity contribution in [2.45, 2.75) is 27.7 Å². The highest BCUT2D eigenvalue weighted by atomic mass is 16.5. The highest BCUT2D eigenvalue weighted by Gasteiger charge is 2.15. The second-order valence-electron chi connectivity index (χ2n) is 8.07. The van der Waals surface area contributed by atoms with Gasteiger partial charge >= 0.3 is 0 Å². The molecule has 0 fully saturated rings. The van der Waals surface area contributed by atoms with Gasteiger partial charge in [0.25, 0.3) is 0 Å². The fraction of sp³-hybridized carbons (Fsp3) is 0.207. The molecular weight excluding hydrogens is 426 g/mol. The Hall–Kier alpha value is -3.99. The second kappa shape index (κ2) is 10.3. The van der Waals surface area contributed by atoms with Gasteiger partial charge in [-0.3, -0.25) is 4.79 Å². The molecular formula is C29H29NO4. The number of rotatable bonds is 8. The van der Waals surface area contributed by atoms with Crippen LogP contribution in [0.25, 0.3) is 27.7 Å². The van der Waals surface area contributed by atoms with Gasteiger partial charge in [-0.05, 0) is 69.2 Å². The summed E-state index contributed by atoms with van der Waals surface area (Å²) in [6.45, 7) is 8.96. The Morgan fingerprint density at radius 1 is 0.971 bits per heavy atom. The number of carbonyl (C=O) groups is 1. The van der Waals surface area contributed by atoms with E-state index < -0.39 is 0 Å². The number of ether oxygens (including phenoxy) is 2. The number of hydrogen-bond donors (Lipinski definition) is 1. The molecule has 0 aliphatic heterocycles. The van der Waals surface area contributed by atoms with Crippen LogP contribution in [0.3, 0.4) is 0 Å². The van der Waals surface area contributed by atoms with Gasteiger partial charge in [-0.15, -0.1) is 0 Å². The Balaban J connectivity index is 1.69. The summed E-state index contributed by atoms with van der Waals surface area (Å²) < 4.78 is 17.3. The van der Waals surface area contributed by atoms with E-state index in [1.54, 1.807) is 12.3 Å². The smallest absolute Gasteiger partial charge is 0.248 e. The SMILES string of the molecule is CCOc1ccc(-c2coc3cc(OCC)c(/C(C)=C/C(=O)Nc4ccc(C)cc4)cc23)cc1. The molecule has 1 aromatic heterocycles. The molecule has 3 aromatic carbocycles. The maximum absolute atomic E-state index is 12.7. The van der Waals surface area contributed by atoms with Gasteiger partial charge in [0.05, 0.1) is 19.5 Å². The van der Waals surface area contributed by atoms with Crippen molar-refractivity contribution >= 4 is 28.1 Å². The molecule has 174 valence electrons. The molecule has 0 saturated carbocycles. The van der Waals surface area contributed by atoms with Crippen LogP contribution in [-0.4, -0.2) is 19.1 Å². The maximum atomic E-state index is 12.7. The van der Waals surface area contributed by atoms with E-state index in [0.717, 1.165) is 50.2 Å². The zero-order valence-electron chi connectivity index (χ0n) is 20.0. The molecule has 5 nitrogen and oxygen atoms in total. The standard InChI is InChI=1S/C29H29NO4/c1-5-32-23-13-9-21(10-14-23)26-18-34-28-17-27(33-6-2)24(16-25(26)28)20(4)15-29(31)30-22-11-7-19(3)8-12-22/h7-18H,5-6H2,1-4H3,(H,30,31)/b20-15+. The van der Waals surface area contributed by atoms with Crippen LogP contribution >= 0.6 is 0 Å². The van der Waals surface area contributed by atoms with E-state index in [4.69, 9.17) is 13.9 Å². The lowest BCUT2D eigenvalue weighted by Gasteiger charge is -2.12. The van der Waals surface area contributed by atoms with Crippen molar-refractivity contribution in [1.82, 2.24) is 0 Å². The van der Waals surface area contributed by atoms with E-state index in [2.05, 4.69) is 5.32 Å². The van der Waals surface area contributed by atoms with Crippen LogP contribution < -0.4 is 14.8 Å². The van der Waals surface area contributed by atoms with Crippen LogP contribution in [0.5, 0.6) is 11.5 Å². The molecule has 0 radical (unpaired) electrons. The zero-order valence-corrected chi connectivity index (χ0v) is 20.0. The molecule has 1 heterocycles. The van der Waals surface area contributed by atoms with Gasteiger partial charge < -0.3 is 19.2 Å². The van der Waals surface area contributed by atoms with Crippen LogP contribution in [0.4, 0.5) is 5.69 Å². The van der Waals surface area contributed by atoms with E-state index >= 15 is 0 Å². The molecule has 0 spiro atoms. The lowest BCUT2D eigenvalue weighted by molar-refractivity contribution is -0.111. The molecule has 0 saturated heterocycles. The Morgan fingerprint density at radius 3 is 2.35 bits per heavy atom. The molecule has 0 bridgehead atoms. The summed E-state index contributed by atoms with van der Waals surface area (Å²) in [4.78, 5) is 12.7. The second-order valence-corrected chi connectivity index (χ2v) is 8.07. The van der Waals surface area contributed by atoms with E-state index in [1.165, 1.54) is 0 Å². The zero-order chi connectivity index (χ0) is 24.1. The Kier molecular flexibility index (Phi) is 7.02. The third-order valence-corrected chi connectivity index (χ3v) is 5.54. The van der Waals surface area contributed by atoms with Crippen molar-refractivity contribution in [3.05, 3.63) is 84.1 Å². The molecule has 0 aliphatic carbocycles. The number of hydrogen-bond acceptors (Lipinski definition) is 4. The van der Waals surface area contributed by atoms with Gasteiger partial charge in [-0.25, -0.2) is 0 Å². The number of allylic oxidation sites excluding steroid dienone is 1. The van der Waals surface area contributed by atoms with Crippen LogP contribution in [0.15, 0.2) is 77.4 Å². The Bertz CT molecular complexity index is 1320. The fourth-order valence-corrected chi connectivity index (χ4v) is 3.85. The number of fused-ring (bicyclic) bond motifs is 1. The molecule has 1 N–H and O–H groups in total. The fourth-order valence-electron chi connectivity index (χ4n) is 3.85. The normalized spacial score (nSPS) is 11.5. The summed E-state index contributed by atoms with van der Waals surface area (Å²) in [7, 11) is 0. The number of benzene rings is 3. The number of nitrogens with one attached hydrogen (secondary N) is 1. The first-order valence-corrected chi connectivity index (χ1v) is 11.5. The molecule has 0 aliphatic rings. The molecule has 1 amide bonds. The maximum Gasteiger partial charge on any atom is 0.248 e. The van der Waals surface area contributed by atoms with Crippen LogP contribution in [-0.2, 0) is 4.79 Å². The summed E-state index contributed by atoms with van der Waals surface area (Å²) in [6, 6.07) is 19.6. The van der Waals surface area contributed by atoms with Gasteiger partial charge in [-0.2, -0.15) is 0 Å². The van der Waals surface area contributed by atoms with Gasteiger partial charge in [0, 0.05) is 34.3 Å².